The number of β-amino-alcohol motifs (C(OH)–C–C–N with tert-alkyl or cyclic N) is 1. The summed E-state index contributed by atoms with van der Waals surface area (Å²) in [5.41, 5.74) is 4.02. The maximum Gasteiger partial charge on any atom is 0.0558 e. The van der Waals surface area contributed by atoms with Crippen molar-refractivity contribution in [3.05, 3.63) is 60.2 Å². The summed E-state index contributed by atoms with van der Waals surface area (Å²) >= 11 is 0. The first-order valence-corrected chi connectivity index (χ1v) is 10.8. The number of piperidine rings is 1. The standard InChI is InChI=1S/C24H33N3O/c28-18-17-25-13-15-27(16-14-25)24-9-11-26(12-10-24)20-21-5-4-8-23(19-21)22-6-2-1-3-7-22/h1-8,19,24,28H,9-18,20H2. The molecular weight excluding hydrogens is 346 g/mol. The monoisotopic (exact) mass is 379 g/mol. The molecular formula is C24H33N3O. The van der Waals surface area contributed by atoms with Crippen LogP contribution in [0.3, 0.4) is 0 Å². The fraction of sp³-hybridized carbons (Fsp3) is 0.500. The second-order valence-corrected chi connectivity index (χ2v) is 8.17. The molecule has 2 aliphatic rings. The van der Waals surface area contributed by atoms with Crippen LogP contribution in [0.5, 0.6) is 0 Å². The summed E-state index contributed by atoms with van der Waals surface area (Å²) in [5.74, 6) is 0. The van der Waals surface area contributed by atoms with Gasteiger partial charge in [0.05, 0.1) is 6.61 Å². The molecule has 0 saturated carbocycles. The molecule has 2 saturated heterocycles. The van der Waals surface area contributed by atoms with Crippen LogP contribution >= 0.6 is 0 Å². The van der Waals surface area contributed by atoms with Crippen LogP contribution < -0.4 is 0 Å². The fourth-order valence-corrected chi connectivity index (χ4v) is 4.67. The van der Waals surface area contributed by atoms with E-state index in [0.717, 1.165) is 45.3 Å². The van der Waals surface area contributed by atoms with Gasteiger partial charge in [-0.25, -0.2) is 0 Å². The van der Waals surface area contributed by atoms with E-state index < -0.39 is 0 Å². The van der Waals surface area contributed by atoms with Gasteiger partial charge < -0.3 is 5.11 Å². The highest BCUT2D eigenvalue weighted by molar-refractivity contribution is 5.63. The number of benzene rings is 2. The van der Waals surface area contributed by atoms with E-state index in [0.29, 0.717) is 0 Å². The molecule has 2 fully saturated rings. The molecule has 0 amide bonds. The molecule has 0 aromatic heterocycles. The van der Waals surface area contributed by atoms with E-state index >= 15 is 0 Å². The Hall–Kier alpha value is -1.72. The van der Waals surface area contributed by atoms with Gasteiger partial charge in [-0.3, -0.25) is 14.7 Å². The van der Waals surface area contributed by atoms with Gasteiger partial charge in [0.15, 0.2) is 0 Å². The maximum absolute atomic E-state index is 9.10. The molecule has 2 aliphatic heterocycles. The minimum absolute atomic E-state index is 0.282. The first-order chi connectivity index (χ1) is 13.8. The van der Waals surface area contributed by atoms with Gasteiger partial charge in [-0.05, 0) is 48.7 Å². The van der Waals surface area contributed by atoms with Crippen LogP contribution in [0.15, 0.2) is 54.6 Å². The molecule has 0 bridgehead atoms. The van der Waals surface area contributed by atoms with E-state index in [9.17, 15) is 0 Å². The fourth-order valence-electron chi connectivity index (χ4n) is 4.67. The molecule has 0 atom stereocenters. The number of piperazine rings is 1. The zero-order valence-electron chi connectivity index (χ0n) is 16.8. The lowest BCUT2D eigenvalue weighted by Gasteiger charge is -2.42. The molecule has 2 heterocycles. The van der Waals surface area contributed by atoms with Gasteiger partial charge in [0.25, 0.3) is 0 Å². The molecule has 0 spiro atoms. The lowest BCUT2D eigenvalue weighted by atomic mass is 10.00. The summed E-state index contributed by atoms with van der Waals surface area (Å²) in [4.78, 5) is 7.68. The van der Waals surface area contributed by atoms with Gasteiger partial charge in [0.1, 0.15) is 0 Å². The highest BCUT2D eigenvalue weighted by Crippen LogP contribution is 2.23. The van der Waals surface area contributed by atoms with Crippen molar-refractivity contribution in [3.8, 4) is 11.1 Å². The second kappa shape index (κ2) is 9.66. The molecule has 4 nitrogen and oxygen atoms in total. The van der Waals surface area contributed by atoms with Crippen molar-refractivity contribution in [1.82, 2.24) is 14.7 Å². The highest BCUT2D eigenvalue weighted by atomic mass is 16.3. The lowest BCUT2D eigenvalue weighted by molar-refractivity contribution is 0.0517. The summed E-state index contributed by atoms with van der Waals surface area (Å²) in [7, 11) is 0. The number of nitrogens with zero attached hydrogens (tertiary/aromatic N) is 3. The SMILES string of the molecule is OCCN1CCN(C2CCN(Cc3cccc(-c4ccccc4)c3)CC2)CC1. The van der Waals surface area contributed by atoms with Gasteiger partial charge in [-0.1, -0.05) is 48.5 Å². The first kappa shape index (κ1) is 19.6. The van der Waals surface area contributed by atoms with Crippen molar-refractivity contribution in [2.45, 2.75) is 25.4 Å². The van der Waals surface area contributed by atoms with E-state index in [1.165, 1.54) is 42.6 Å². The van der Waals surface area contributed by atoms with Crippen LogP contribution in [0.1, 0.15) is 18.4 Å². The van der Waals surface area contributed by atoms with Crippen molar-refractivity contribution >= 4 is 0 Å². The van der Waals surface area contributed by atoms with Crippen LogP contribution in [-0.2, 0) is 6.54 Å². The summed E-state index contributed by atoms with van der Waals surface area (Å²) in [6, 6.07) is 20.4. The van der Waals surface area contributed by atoms with Crippen molar-refractivity contribution in [3.63, 3.8) is 0 Å². The average Bonchev–Trinajstić information content (AvgIpc) is 2.76. The molecule has 0 unspecified atom stereocenters. The largest absolute Gasteiger partial charge is 0.395 e. The van der Waals surface area contributed by atoms with E-state index in [1.54, 1.807) is 0 Å². The summed E-state index contributed by atoms with van der Waals surface area (Å²) in [6.07, 6.45) is 2.55. The minimum atomic E-state index is 0.282. The second-order valence-electron chi connectivity index (χ2n) is 8.17. The van der Waals surface area contributed by atoms with Crippen molar-refractivity contribution < 1.29 is 5.11 Å². The molecule has 2 aromatic rings. The molecule has 0 aliphatic carbocycles. The van der Waals surface area contributed by atoms with Crippen molar-refractivity contribution in [2.24, 2.45) is 0 Å². The highest BCUT2D eigenvalue weighted by Gasteiger charge is 2.27. The Morgan fingerprint density at radius 1 is 0.750 bits per heavy atom. The van der Waals surface area contributed by atoms with Gasteiger partial charge in [0.2, 0.25) is 0 Å². The normalized spacial score (nSPS) is 20.5. The van der Waals surface area contributed by atoms with Crippen LogP contribution in [0.4, 0.5) is 0 Å². The van der Waals surface area contributed by atoms with Crippen LogP contribution in [-0.4, -0.2) is 78.3 Å². The van der Waals surface area contributed by atoms with Gasteiger partial charge in [-0.15, -0.1) is 0 Å². The van der Waals surface area contributed by atoms with Crippen LogP contribution in [0.25, 0.3) is 11.1 Å². The zero-order chi connectivity index (χ0) is 19.2. The van der Waals surface area contributed by atoms with Gasteiger partial charge in [-0.2, -0.15) is 0 Å². The first-order valence-electron chi connectivity index (χ1n) is 10.8. The topological polar surface area (TPSA) is 30.0 Å². The van der Waals surface area contributed by atoms with Crippen LogP contribution in [0.2, 0.25) is 0 Å². The third-order valence-corrected chi connectivity index (χ3v) is 6.34. The predicted octanol–water partition coefficient (Wildman–Crippen LogP) is 2.93. The van der Waals surface area contributed by atoms with Crippen LogP contribution in [0, 0.1) is 0 Å². The van der Waals surface area contributed by atoms with E-state index in [-0.39, 0.29) is 6.61 Å². The average molecular weight is 380 g/mol. The smallest absolute Gasteiger partial charge is 0.0558 e. The predicted molar refractivity (Wildman–Crippen MR) is 115 cm³/mol. The Kier molecular flexibility index (Phi) is 6.76. The molecule has 150 valence electrons. The third-order valence-electron chi connectivity index (χ3n) is 6.34. The summed E-state index contributed by atoms with van der Waals surface area (Å²) < 4.78 is 0. The van der Waals surface area contributed by atoms with Crippen molar-refractivity contribution in [1.29, 1.82) is 0 Å². The van der Waals surface area contributed by atoms with E-state index in [1.807, 2.05) is 0 Å². The molecule has 1 N–H and O–H groups in total. The number of hydrogen-bond donors (Lipinski definition) is 1. The Bertz CT molecular complexity index is 720. The number of aliphatic hydroxyl groups excluding tert-OH is 1. The summed E-state index contributed by atoms with van der Waals surface area (Å²) in [6.45, 7) is 9.07. The number of rotatable bonds is 6. The lowest BCUT2D eigenvalue weighted by Crippen LogP contribution is -2.53. The Morgan fingerprint density at radius 3 is 2.18 bits per heavy atom. The molecule has 28 heavy (non-hydrogen) atoms. The maximum atomic E-state index is 9.10. The summed E-state index contributed by atoms with van der Waals surface area (Å²) in [5, 5.41) is 9.10. The minimum Gasteiger partial charge on any atom is -0.395 e. The Labute approximate surface area is 169 Å². The van der Waals surface area contributed by atoms with Gasteiger partial charge in [0, 0.05) is 45.3 Å². The molecule has 4 heteroatoms. The number of likely N-dealkylation sites (tertiary alicyclic amines) is 1. The van der Waals surface area contributed by atoms with E-state index in [4.69, 9.17) is 5.11 Å². The van der Waals surface area contributed by atoms with Gasteiger partial charge >= 0.3 is 0 Å². The zero-order valence-corrected chi connectivity index (χ0v) is 16.8. The molecule has 2 aromatic carbocycles. The third kappa shape index (κ3) is 5.00. The molecule has 0 radical (unpaired) electrons. The molecule has 4 rings (SSSR count). The quantitative estimate of drug-likeness (QED) is 0.836. The number of hydrogen-bond acceptors (Lipinski definition) is 4. The number of aliphatic hydroxyl groups is 1. The Balaban J connectivity index is 1.27. The van der Waals surface area contributed by atoms with E-state index in [2.05, 4.69) is 69.3 Å². The Morgan fingerprint density at radius 2 is 1.46 bits per heavy atom. The van der Waals surface area contributed by atoms with Crippen molar-refractivity contribution in [2.75, 3.05) is 52.4 Å².